The summed E-state index contributed by atoms with van der Waals surface area (Å²) in [6.07, 6.45) is 3.90. The zero-order chi connectivity index (χ0) is 25.1. The molecule has 0 radical (unpaired) electrons. The highest BCUT2D eigenvalue weighted by molar-refractivity contribution is 5.98. The summed E-state index contributed by atoms with van der Waals surface area (Å²) in [7, 11) is 0. The second-order valence-corrected chi connectivity index (χ2v) is 8.57. The first-order valence-electron chi connectivity index (χ1n) is 11.3. The van der Waals surface area contributed by atoms with E-state index < -0.39 is 5.91 Å². The third-order valence-electron chi connectivity index (χ3n) is 5.92. The fourth-order valence-corrected chi connectivity index (χ4v) is 3.88. The molecule has 35 heavy (non-hydrogen) atoms. The second-order valence-electron chi connectivity index (χ2n) is 8.57. The molecule has 9 nitrogen and oxygen atoms in total. The number of nitrogens with zero attached hydrogens (tertiary/aromatic N) is 4. The largest absolute Gasteiger partial charge is 0.439 e. The van der Waals surface area contributed by atoms with E-state index in [4.69, 9.17) is 10.5 Å². The lowest BCUT2D eigenvalue weighted by molar-refractivity contribution is -0.121. The van der Waals surface area contributed by atoms with Crippen LogP contribution in [0.25, 0.3) is 5.65 Å². The third-order valence-corrected chi connectivity index (χ3v) is 5.92. The van der Waals surface area contributed by atoms with Crippen LogP contribution in [0.5, 0.6) is 11.6 Å². The Morgan fingerprint density at radius 3 is 2.60 bits per heavy atom. The summed E-state index contributed by atoms with van der Waals surface area (Å²) >= 11 is 0. The smallest absolute Gasteiger partial charge is 0.254 e. The minimum Gasteiger partial charge on any atom is -0.439 e. The molecule has 3 N–H and O–H groups in total. The van der Waals surface area contributed by atoms with Gasteiger partial charge in [-0.2, -0.15) is 5.10 Å². The van der Waals surface area contributed by atoms with Gasteiger partial charge in [0.25, 0.3) is 5.91 Å². The second kappa shape index (κ2) is 9.92. The van der Waals surface area contributed by atoms with Crippen LogP contribution in [0.15, 0.2) is 42.7 Å². The number of aromatic nitrogens is 4. The predicted molar refractivity (Wildman–Crippen MR) is 131 cm³/mol. The van der Waals surface area contributed by atoms with Crippen molar-refractivity contribution in [3.8, 4) is 11.6 Å². The van der Waals surface area contributed by atoms with Crippen molar-refractivity contribution in [3.63, 3.8) is 0 Å². The molecular weight excluding hydrogens is 444 g/mol. The average molecular weight is 473 g/mol. The number of rotatable bonds is 8. The Hall–Kier alpha value is -4.27. The molecule has 9 heteroatoms. The zero-order valence-corrected chi connectivity index (χ0v) is 20.3. The Labute approximate surface area is 203 Å². The standard InChI is InChI=1S/C26H28N6O3/c1-15-5-6-16(2)22(11-15)35-24-10-7-19(13-29-24)12-28-23(33)9-8-20-17(3)31-26-21(25(27)34)14-30-32(26)18(20)4/h5-7,10-11,13-14H,8-9,12H2,1-4H3,(H2,27,34)(H,28,33). The molecule has 0 aliphatic carbocycles. The Morgan fingerprint density at radius 2 is 1.89 bits per heavy atom. The van der Waals surface area contributed by atoms with E-state index in [0.717, 1.165) is 39.4 Å². The molecule has 0 bridgehead atoms. The lowest BCUT2D eigenvalue weighted by Gasteiger charge is -2.12. The fourth-order valence-electron chi connectivity index (χ4n) is 3.88. The van der Waals surface area contributed by atoms with Crippen molar-refractivity contribution < 1.29 is 14.3 Å². The number of hydrogen-bond acceptors (Lipinski definition) is 6. The number of aryl methyl sites for hydroxylation is 4. The Kier molecular flexibility index (Phi) is 6.77. The number of nitrogens with one attached hydrogen (secondary N) is 1. The predicted octanol–water partition coefficient (Wildman–Crippen LogP) is 3.50. The van der Waals surface area contributed by atoms with Crippen LogP contribution in [0.3, 0.4) is 0 Å². The molecular formula is C26H28N6O3. The van der Waals surface area contributed by atoms with E-state index in [2.05, 4.69) is 20.4 Å². The van der Waals surface area contributed by atoms with Crippen LogP contribution in [-0.2, 0) is 17.8 Å². The first-order valence-corrected chi connectivity index (χ1v) is 11.3. The Bertz CT molecular complexity index is 1410. The van der Waals surface area contributed by atoms with Gasteiger partial charge >= 0.3 is 0 Å². The van der Waals surface area contributed by atoms with E-state index in [1.807, 2.05) is 52.0 Å². The third kappa shape index (κ3) is 5.29. The highest BCUT2D eigenvalue weighted by Crippen LogP contribution is 2.24. The van der Waals surface area contributed by atoms with Crippen molar-refractivity contribution in [3.05, 3.63) is 81.9 Å². The molecule has 0 aliphatic rings. The van der Waals surface area contributed by atoms with Crippen molar-refractivity contribution in [2.75, 3.05) is 0 Å². The van der Waals surface area contributed by atoms with Crippen LogP contribution in [0.2, 0.25) is 0 Å². The summed E-state index contributed by atoms with van der Waals surface area (Å²) in [5.41, 5.74) is 11.6. The van der Waals surface area contributed by atoms with E-state index in [1.54, 1.807) is 16.8 Å². The van der Waals surface area contributed by atoms with Crippen LogP contribution in [0, 0.1) is 27.7 Å². The number of benzene rings is 1. The van der Waals surface area contributed by atoms with Gasteiger partial charge in [0.05, 0.1) is 6.20 Å². The van der Waals surface area contributed by atoms with Gasteiger partial charge in [0, 0.05) is 36.6 Å². The lowest BCUT2D eigenvalue weighted by Crippen LogP contribution is -2.23. The number of carbonyl (C=O) groups is 2. The van der Waals surface area contributed by atoms with Crippen molar-refractivity contribution >= 4 is 17.5 Å². The van der Waals surface area contributed by atoms with Gasteiger partial charge in [0.15, 0.2) is 5.65 Å². The number of hydrogen-bond donors (Lipinski definition) is 2. The number of pyridine rings is 1. The van der Waals surface area contributed by atoms with Crippen LogP contribution in [-0.4, -0.2) is 31.4 Å². The molecule has 0 unspecified atom stereocenters. The fraction of sp³-hybridized carbons (Fsp3) is 0.269. The summed E-state index contributed by atoms with van der Waals surface area (Å²) < 4.78 is 7.48. The molecule has 180 valence electrons. The zero-order valence-electron chi connectivity index (χ0n) is 20.3. The van der Waals surface area contributed by atoms with Gasteiger partial charge in [-0.15, -0.1) is 0 Å². The van der Waals surface area contributed by atoms with E-state index in [9.17, 15) is 9.59 Å². The Morgan fingerprint density at radius 1 is 1.09 bits per heavy atom. The Balaban J connectivity index is 1.34. The van der Waals surface area contributed by atoms with E-state index in [0.29, 0.717) is 30.9 Å². The quantitative estimate of drug-likeness (QED) is 0.404. The van der Waals surface area contributed by atoms with Crippen LogP contribution >= 0.6 is 0 Å². The number of carbonyl (C=O) groups excluding carboxylic acids is 2. The summed E-state index contributed by atoms with van der Waals surface area (Å²) in [5.74, 6) is 0.620. The van der Waals surface area contributed by atoms with Gasteiger partial charge in [0.1, 0.15) is 11.3 Å². The van der Waals surface area contributed by atoms with Crippen molar-refractivity contribution in [1.29, 1.82) is 0 Å². The van der Waals surface area contributed by atoms with Gasteiger partial charge in [0.2, 0.25) is 11.8 Å². The maximum absolute atomic E-state index is 12.5. The number of nitrogens with two attached hydrogens (primary N) is 1. The van der Waals surface area contributed by atoms with Gasteiger partial charge in [-0.3, -0.25) is 9.59 Å². The maximum atomic E-state index is 12.5. The molecule has 0 fully saturated rings. The molecule has 0 spiro atoms. The van der Waals surface area contributed by atoms with Gasteiger partial charge in [-0.1, -0.05) is 18.2 Å². The molecule has 0 aliphatic heterocycles. The monoisotopic (exact) mass is 472 g/mol. The van der Waals surface area contributed by atoms with Crippen LogP contribution < -0.4 is 15.8 Å². The molecule has 4 aromatic rings. The molecule has 0 atom stereocenters. The average Bonchev–Trinajstić information content (AvgIpc) is 3.25. The topological polar surface area (TPSA) is 124 Å². The summed E-state index contributed by atoms with van der Waals surface area (Å²) in [4.78, 5) is 32.9. The minimum atomic E-state index is -0.571. The minimum absolute atomic E-state index is 0.0853. The van der Waals surface area contributed by atoms with E-state index in [1.165, 1.54) is 6.20 Å². The number of ether oxygens (including phenoxy) is 1. The molecule has 4 rings (SSSR count). The maximum Gasteiger partial charge on any atom is 0.254 e. The highest BCUT2D eigenvalue weighted by atomic mass is 16.5. The number of fused-ring (bicyclic) bond motifs is 1. The molecule has 3 aromatic heterocycles. The first kappa shape index (κ1) is 23.9. The van der Waals surface area contributed by atoms with Gasteiger partial charge < -0.3 is 15.8 Å². The van der Waals surface area contributed by atoms with Gasteiger partial charge in [-0.05, 0) is 62.4 Å². The number of amides is 2. The molecule has 3 heterocycles. The molecule has 1 aromatic carbocycles. The molecule has 2 amide bonds. The molecule has 0 saturated heterocycles. The number of primary amides is 1. The van der Waals surface area contributed by atoms with Crippen LogP contribution in [0.1, 0.15) is 50.4 Å². The van der Waals surface area contributed by atoms with E-state index in [-0.39, 0.29) is 11.5 Å². The first-order chi connectivity index (χ1) is 16.7. The SMILES string of the molecule is Cc1ccc(C)c(Oc2ccc(CNC(=O)CCc3c(C)nc4c(C(N)=O)cnn4c3C)cn2)c1. The summed E-state index contributed by atoms with van der Waals surface area (Å²) in [6.45, 7) is 8.11. The van der Waals surface area contributed by atoms with Gasteiger partial charge in [-0.25, -0.2) is 14.5 Å². The normalized spacial score (nSPS) is 11.0. The molecule has 0 saturated carbocycles. The summed E-state index contributed by atoms with van der Waals surface area (Å²) in [5, 5.41) is 7.15. The lowest BCUT2D eigenvalue weighted by atomic mass is 10.1. The van der Waals surface area contributed by atoms with Crippen molar-refractivity contribution in [1.82, 2.24) is 24.9 Å². The van der Waals surface area contributed by atoms with Crippen molar-refractivity contribution in [2.45, 2.75) is 47.1 Å². The van der Waals surface area contributed by atoms with Crippen LogP contribution in [0.4, 0.5) is 0 Å². The van der Waals surface area contributed by atoms with E-state index >= 15 is 0 Å². The van der Waals surface area contributed by atoms with Crippen molar-refractivity contribution in [2.24, 2.45) is 5.73 Å². The highest BCUT2D eigenvalue weighted by Gasteiger charge is 2.17. The summed E-state index contributed by atoms with van der Waals surface area (Å²) in [6, 6.07) is 9.70.